The molecule has 4 nitrogen and oxygen atoms in total. The zero-order valence-electron chi connectivity index (χ0n) is 15.7. The van der Waals surface area contributed by atoms with Gasteiger partial charge in [-0.15, -0.1) is 24.8 Å². The number of carbonyl (C=O) groups is 1. The molecule has 0 bridgehead atoms. The minimum absolute atomic E-state index is 0. The monoisotopic (exact) mass is 409 g/mol. The summed E-state index contributed by atoms with van der Waals surface area (Å²) in [5.41, 5.74) is 8.47. The number of anilines is 1. The lowest BCUT2D eigenvalue weighted by molar-refractivity contribution is 0.0672. The van der Waals surface area contributed by atoms with Gasteiger partial charge in [-0.25, -0.2) is 0 Å². The predicted molar refractivity (Wildman–Crippen MR) is 117 cm³/mol. The van der Waals surface area contributed by atoms with Crippen LogP contribution in [0.25, 0.3) is 0 Å². The Morgan fingerprint density at radius 2 is 1.74 bits per heavy atom. The van der Waals surface area contributed by atoms with Gasteiger partial charge in [0, 0.05) is 37.4 Å². The first-order valence-corrected chi connectivity index (χ1v) is 8.99. The number of piperidine rings is 1. The van der Waals surface area contributed by atoms with Gasteiger partial charge in [0.1, 0.15) is 0 Å². The van der Waals surface area contributed by atoms with Gasteiger partial charge in [0.2, 0.25) is 0 Å². The molecule has 2 aromatic carbocycles. The van der Waals surface area contributed by atoms with E-state index in [1.807, 2.05) is 23.1 Å². The van der Waals surface area contributed by atoms with E-state index in [2.05, 4.69) is 42.3 Å². The fourth-order valence-electron chi connectivity index (χ4n) is 3.57. The third-order valence-corrected chi connectivity index (χ3v) is 4.90. The summed E-state index contributed by atoms with van der Waals surface area (Å²) in [6.45, 7) is 3.72. The van der Waals surface area contributed by atoms with Crippen molar-refractivity contribution >= 4 is 36.4 Å². The molecule has 1 aliphatic heterocycles. The third kappa shape index (κ3) is 6.73. The summed E-state index contributed by atoms with van der Waals surface area (Å²) in [6, 6.07) is 17.8. The van der Waals surface area contributed by atoms with Crippen molar-refractivity contribution in [2.75, 3.05) is 32.4 Å². The average Bonchev–Trinajstić information content (AvgIpc) is 2.62. The molecule has 6 heteroatoms. The number of halogens is 2. The van der Waals surface area contributed by atoms with Gasteiger partial charge in [0.05, 0.1) is 0 Å². The summed E-state index contributed by atoms with van der Waals surface area (Å²) in [5, 5.41) is 0. The molecule has 0 aliphatic carbocycles. The molecule has 1 heterocycles. The highest BCUT2D eigenvalue weighted by molar-refractivity contribution is 5.95. The zero-order chi connectivity index (χ0) is 17.6. The number of rotatable bonds is 5. The van der Waals surface area contributed by atoms with E-state index < -0.39 is 0 Å². The van der Waals surface area contributed by atoms with Crippen molar-refractivity contribution < 1.29 is 4.79 Å². The number of hydrogen-bond donors (Lipinski definition) is 1. The van der Waals surface area contributed by atoms with Crippen molar-refractivity contribution in [3.8, 4) is 0 Å². The zero-order valence-corrected chi connectivity index (χ0v) is 17.3. The van der Waals surface area contributed by atoms with E-state index in [9.17, 15) is 4.79 Å². The van der Waals surface area contributed by atoms with Crippen LogP contribution in [0.15, 0.2) is 54.6 Å². The molecular weight excluding hydrogens is 381 g/mol. The molecule has 2 N–H and O–H groups in total. The standard InChI is InChI=1S/C21H27N3O.2ClH/c1-23(15-17-6-3-2-4-7-17)16-18-10-12-24(13-11-18)21(25)19-8-5-9-20(22)14-19;;/h2-9,14,18H,10-13,15-16,22H2,1H3;2*1H. The van der Waals surface area contributed by atoms with Crippen LogP contribution in [-0.4, -0.2) is 42.4 Å². The molecule has 1 aliphatic rings. The third-order valence-electron chi connectivity index (χ3n) is 4.90. The van der Waals surface area contributed by atoms with E-state index in [1.54, 1.807) is 6.07 Å². The molecule has 1 fully saturated rings. The summed E-state index contributed by atoms with van der Waals surface area (Å²) in [5.74, 6) is 0.752. The largest absolute Gasteiger partial charge is 0.399 e. The normalized spacial score (nSPS) is 14.4. The van der Waals surface area contributed by atoms with Gasteiger partial charge < -0.3 is 15.5 Å². The summed E-state index contributed by atoms with van der Waals surface area (Å²) in [4.78, 5) is 16.9. The molecule has 0 radical (unpaired) electrons. The second kappa shape index (κ2) is 11.2. The van der Waals surface area contributed by atoms with Crippen molar-refractivity contribution in [1.82, 2.24) is 9.80 Å². The molecule has 0 unspecified atom stereocenters. The quantitative estimate of drug-likeness (QED) is 0.756. The van der Waals surface area contributed by atoms with Crippen molar-refractivity contribution in [2.45, 2.75) is 19.4 Å². The number of nitrogen functional groups attached to an aromatic ring is 1. The SMILES string of the molecule is CN(Cc1ccccc1)CC1CCN(C(=O)c2cccc(N)c2)CC1.Cl.Cl. The molecular formula is C21H29Cl2N3O. The van der Waals surface area contributed by atoms with Crippen LogP contribution in [-0.2, 0) is 6.54 Å². The smallest absolute Gasteiger partial charge is 0.253 e. The van der Waals surface area contributed by atoms with E-state index in [1.165, 1.54) is 5.56 Å². The van der Waals surface area contributed by atoms with Crippen LogP contribution in [0, 0.1) is 5.92 Å². The van der Waals surface area contributed by atoms with Crippen LogP contribution in [0.1, 0.15) is 28.8 Å². The predicted octanol–water partition coefficient (Wildman–Crippen LogP) is 4.10. The van der Waals surface area contributed by atoms with Crippen molar-refractivity contribution in [3.05, 3.63) is 65.7 Å². The van der Waals surface area contributed by atoms with Crippen LogP contribution < -0.4 is 5.73 Å². The Labute approximate surface area is 174 Å². The fraction of sp³-hybridized carbons (Fsp3) is 0.381. The first-order chi connectivity index (χ1) is 12.1. The molecule has 3 rings (SSSR count). The topological polar surface area (TPSA) is 49.6 Å². The summed E-state index contributed by atoms with van der Waals surface area (Å²) in [7, 11) is 2.18. The van der Waals surface area contributed by atoms with Crippen molar-refractivity contribution in [2.24, 2.45) is 5.92 Å². The molecule has 0 spiro atoms. The number of carbonyl (C=O) groups excluding carboxylic acids is 1. The minimum atomic E-state index is 0. The van der Waals surface area contributed by atoms with Crippen molar-refractivity contribution in [1.29, 1.82) is 0 Å². The highest BCUT2D eigenvalue weighted by Crippen LogP contribution is 2.21. The Bertz CT molecular complexity index is 704. The van der Waals surface area contributed by atoms with Gasteiger partial charge in [0.25, 0.3) is 5.91 Å². The second-order valence-corrected chi connectivity index (χ2v) is 7.04. The molecule has 0 aromatic heterocycles. The maximum atomic E-state index is 12.6. The Kier molecular flexibility index (Phi) is 9.64. The number of nitrogens with two attached hydrogens (primary N) is 1. The lowest BCUT2D eigenvalue weighted by Crippen LogP contribution is -2.41. The maximum Gasteiger partial charge on any atom is 0.253 e. The molecule has 2 aromatic rings. The van der Waals surface area contributed by atoms with E-state index in [0.717, 1.165) is 39.0 Å². The molecule has 1 amide bonds. The fourth-order valence-corrected chi connectivity index (χ4v) is 3.57. The number of benzene rings is 2. The molecule has 1 saturated heterocycles. The van der Waals surface area contributed by atoms with E-state index in [0.29, 0.717) is 17.2 Å². The first-order valence-electron chi connectivity index (χ1n) is 8.99. The lowest BCUT2D eigenvalue weighted by Gasteiger charge is -2.34. The van der Waals surface area contributed by atoms with E-state index >= 15 is 0 Å². The molecule has 148 valence electrons. The van der Waals surface area contributed by atoms with Gasteiger partial charge in [-0.05, 0) is 49.6 Å². The highest BCUT2D eigenvalue weighted by atomic mass is 35.5. The summed E-state index contributed by atoms with van der Waals surface area (Å²) >= 11 is 0. The minimum Gasteiger partial charge on any atom is -0.399 e. The van der Waals surface area contributed by atoms with Gasteiger partial charge in [-0.2, -0.15) is 0 Å². The van der Waals surface area contributed by atoms with Crippen LogP contribution in [0.2, 0.25) is 0 Å². The highest BCUT2D eigenvalue weighted by Gasteiger charge is 2.24. The molecule has 0 atom stereocenters. The Hall–Kier alpha value is -1.75. The molecule has 27 heavy (non-hydrogen) atoms. The van der Waals surface area contributed by atoms with Crippen LogP contribution in [0.4, 0.5) is 5.69 Å². The first kappa shape index (κ1) is 23.3. The Morgan fingerprint density at radius 1 is 1.07 bits per heavy atom. The number of hydrogen-bond acceptors (Lipinski definition) is 3. The van der Waals surface area contributed by atoms with Gasteiger partial charge in [-0.1, -0.05) is 36.4 Å². The van der Waals surface area contributed by atoms with Crippen LogP contribution in [0.5, 0.6) is 0 Å². The number of nitrogens with zero attached hydrogens (tertiary/aromatic N) is 2. The Balaban J connectivity index is 0.00000182. The van der Waals surface area contributed by atoms with Gasteiger partial charge >= 0.3 is 0 Å². The lowest BCUT2D eigenvalue weighted by atomic mass is 9.95. The maximum absolute atomic E-state index is 12.6. The van der Waals surface area contributed by atoms with E-state index in [4.69, 9.17) is 5.73 Å². The summed E-state index contributed by atoms with van der Waals surface area (Å²) in [6.07, 6.45) is 2.13. The number of amides is 1. The molecule has 0 saturated carbocycles. The average molecular weight is 410 g/mol. The number of likely N-dealkylation sites (tertiary alicyclic amines) is 1. The van der Waals surface area contributed by atoms with Crippen molar-refractivity contribution in [3.63, 3.8) is 0 Å². The Morgan fingerprint density at radius 3 is 2.37 bits per heavy atom. The van der Waals surface area contributed by atoms with Gasteiger partial charge in [-0.3, -0.25) is 4.79 Å². The van der Waals surface area contributed by atoms with E-state index in [-0.39, 0.29) is 30.7 Å². The summed E-state index contributed by atoms with van der Waals surface area (Å²) < 4.78 is 0. The second-order valence-electron chi connectivity index (χ2n) is 7.04. The van der Waals surface area contributed by atoms with Crippen LogP contribution >= 0.6 is 24.8 Å². The van der Waals surface area contributed by atoms with Crippen LogP contribution in [0.3, 0.4) is 0 Å². The van der Waals surface area contributed by atoms with Gasteiger partial charge in [0.15, 0.2) is 0 Å².